The summed E-state index contributed by atoms with van der Waals surface area (Å²) in [6, 6.07) is 13.0. The SMILES string of the molecule is CCc1cccc(CC)c1-c1nc(Br)c(CN(Cc2ccc3c(c2)OCCO3)CC(C)(C)C)n1CC. The van der Waals surface area contributed by atoms with Crippen molar-refractivity contribution in [3.8, 4) is 22.9 Å². The molecule has 5 nitrogen and oxygen atoms in total. The highest BCUT2D eigenvalue weighted by Crippen LogP contribution is 2.34. The second-order valence-corrected chi connectivity index (χ2v) is 11.5. The summed E-state index contributed by atoms with van der Waals surface area (Å²) in [4.78, 5) is 7.62. The molecule has 6 heteroatoms. The van der Waals surface area contributed by atoms with E-state index in [1.807, 2.05) is 6.07 Å². The molecule has 0 fully saturated rings. The minimum absolute atomic E-state index is 0.157. The maximum absolute atomic E-state index is 5.85. The molecule has 0 atom stereocenters. The average molecular weight is 555 g/mol. The number of benzene rings is 2. The Hall–Kier alpha value is -2.31. The summed E-state index contributed by atoms with van der Waals surface area (Å²) < 4.78 is 14.9. The molecule has 36 heavy (non-hydrogen) atoms. The number of hydrogen-bond acceptors (Lipinski definition) is 4. The number of ether oxygens (including phenoxy) is 2. The molecule has 0 amide bonds. The molecule has 0 aliphatic carbocycles. The second-order valence-electron chi connectivity index (χ2n) is 10.8. The summed E-state index contributed by atoms with van der Waals surface area (Å²) in [6.07, 6.45) is 1.99. The third-order valence-corrected chi connectivity index (χ3v) is 7.28. The molecule has 194 valence electrons. The van der Waals surface area contributed by atoms with Crippen molar-refractivity contribution in [3.63, 3.8) is 0 Å². The van der Waals surface area contributed by atoms with Crippen LogP contribution in [0.25, 0.3) is 11.4 Å². The van der Waals surface area contributed by atoms with Gasteiger partial charge in [0.05, 0.1) is 5.69 Å². The number of aryl methyl sites for hydroxylation is 2. The van der Waals surface area contributed by atoms with Gasteiger partial charge in [0, 0.05) is 31.7 Å². The van der Waals surface area contributed by atoms with Crippen molar-refractivity contribution in [2.75, 3.05) is 19.8 Å². The number of imidazole rings is 1. The van der Waals surface area contributed by atoms with Crippen LogP contribution in [0.3, 0.4) is 0 Å². The van der Waals surface area contributed by atoms with Crippen molar-refractivity contribution in [3.05, 3.63) is 63.4 Å². The van der Waals surface area contributed by atoms with Crippen LogP contribution in [0.4, 0.5) is 0 Å². The highest BCUT2D eigenvalue weighted by Gasteiger charge is 2.24. The molecule has 2 heterocycles. The van der Waals surface area contributed by atoms with Gasteiger partial charge in [-0.3, -0.25) is 4.90 Å². The van der Waals surface area contributed by atoms with E-state index in [4.69, 9.17) is 14.5 Å². The van der Waals surface area contributed by atoms with Gasteiger partial charge in [-0.1, -0.05) is 58.9 Å². The Kier molecular flexibility index (Phi) is 8.46. The smallest absolute Gasteiger partial charge is 0.161 e. The molecule has 0 saturated carbocycles. The Labute approximate surface area is 225 Å². The van der Waals surface area contributed by atoms with Crippen LogP contribution in [0.1, 0.15) is 63.9 Å². The summed E-state index contributed by atoms with van der Waals surface area (Å²) in [5.74, 6) is 2.76. The molecular weight excluding hydrogens is 514 g/mol. The molecule has 0 spiro atoms. The normalized spacial score (nSPS) is 13.4. The number of rotatable bonds is 9. The molecule has 0 bridgehead atoms. The molecule has 4 rings (SSSR count). The van der Waals surface area contributed by atoms with Gasteiger partial charge in [0.15, 0.2) is 11.5 Å². The predicted molar refractivity (Wildman–Crippen MR) is 151 cm³/mol. The maximum atomic E-state index is 5.85. The molecule has 1 aromatic heterocycles. The van der Waals surface area contributed by atoms with Crippen molar-refractivity contribution in [2.24, 2.45) is 5.41 Å². The predicted octanol–water partition coefficient (Wildman–Crippen LogP) is 7.28. The van der Waals surface area contributed by atoms with E-state index in [-0.39, 0.29) is 5.41 Å². The summed E-state index contributed by atoms with van der Waals surface area (Å²) in [7, 11) is 0. The van der Waals surface area contributed by atoms with Crippen molar-refractivity contribution >= 4 is 15.9 Å². The van der Waals surface area contributed by atoms with Crippen LogP contribution in [-0.4, -0.2) is 34.2 Å². The maximum Gasteiger partial charge on any atom is 0.161 e. The largest absolute Gasteiger partial charge is 0.486 e. The van der Waals surface area contributed by atoms with Gasteiger partial charge in [-0.05, 0) is 69.9 Å². The van der Waals surface area contributed by atoms with Gasteiger partial charge in [0.2, 0.25) is 0 Å². The lowest BCUT2D eigenvalue weighted by atomic mass is 9.95. The van der Waals surface area contributed by atoms with E-state index in [9.17, 15) is 0 Å². The van der Waals surface area contributed by atoms with Crippen LogP contribution in [0.2, 0.25) is 0 Å². The summed E-state index contributed by atoms with van der Waals surface area (Å²) >= 11 is 3.85. The van der Waals surface area contributed by atoms with Crippen molar-refractivity contribution in [1.29, 1.82) is 0 Å². The minimum Gasteiger partial charge on any atom is -0.486 e. The van der Waals surface area contributed by atoms with Gasteiger partial charge in [-0.15, -0.1) is 0 Å². The zero-order chi connectivity index (χ0) is 25.9. The highest BCUT2D eigenvalue weighted by atomic mass is 79.9. The first-order valence-corrected chi connectivity index (χ1v) is 14.0. The van der Waals surface area contributed by atoms with Crippen molar-refractivity contribution in [2.45, 2.75) is 74.0 Å². The summed E-state index contributed by atoms with van der Waals surface area (Å²) in [6.45, 7) is 18.3. The first-order chi connectivity index (χ1) is 17.2. The number of nitrogens with zero attached hydrogens (tertiary/aromatic N) is 3. The first-order valence-electron chi connectivity index (χ1n) is 13.2. The van der Waals surface area contributed by atoms with E-state index in [0.29, 0.717) is 13.2 Å². The number of hydrogen-bond donors (Lipinski definition) is 0. The van der Waals surface area contributed by atoms with Crippen LogP contribution in [0.5, 0.6) is 11.5 Å². The van der Waals surface area contributed by atoms with Crippen LogP contribution in [0, 0.1) is 5.41 Å². The van der Waals surface area contributed by atoms with Gasteiger partial charge in [0.1, 0.15) is 23.6 Å². The lowest BCUT2D eigenvalue weighted by molar-refractivity contribution is 0.166. The molecule has 0 N–H and O–H groups in total. The van der Waals surface area contributed by atoms with Crippen molar-refractivity contribution in [1.82, 2.24) is 14.5 Å². The molecule has 0 saturated heterocycles. The fraction of sp³-hybridized carbons (Fsp3) is 0.500. The molecule has 1 aliphatic heterocycles. The Morgan fingerprint density at radius 3 is 2.22 bits per heavy atom. The third kappa shape index (κ3) is 5.97. The number of halogens is 1. The third-order valence-electron chi connectivity index (χ3n) is 6.65. The van der Waals surface area contributed by atoms with Crippen LogP contribution in [0.15, 0.2) is 41.0 Å². The standard InChI is InChI=1S/C30H40BrN3O2/c1-7-22-11-10-12-23(8-2)27(22)29-32-28(31)24(34(29)9-3)19-33(20-30(4,5)6)18-21-13-14-25-26(17-21)36-16-15-35-25/h10-14,17H,7-9,15-16,18-20H2,1-6H3. The molecule has 0 unspecified atom stereocenters. The zero-order valence-corrected chi connectivity index (χ0v) is 24.2. The molecule has 2 aromatic carbocycles. The second kappa shape index (κ2) is 11.4. The lowest BCUT2D eigenvalue weighted by Crippen LogP contribution is -2.33. The van der Waals surface area contributed by atoms with E-state index < -0.39 is 0 Å². The molecular formula is C30H40BrN3O2. The van der Waals surface area contributed by atoms with Crippen LogP contribution in [-0.2, 0) is 32.5 Å². The summed E-state index contributed by atoms with van der Waals surface area (Å²) in [5.41, 5.74) is 6.62. The molecule has 1 aliphatic rings. The van der Waals surface area contributed by atoms with Gasteiger partial charge in [-0.2, -0.15) is 0 Å². The molecule has 0 radical (unpaired) electrons. The van der Waals surface area contributed by atoms with Gasteiger partial charge in [-0.25, -0.2) is 4.98 Å². The fourth-order valence-corrected chi connectivity index (χ4v) is 5.67. The van der Waals surface area contributed by atoms with E-state index in [2.05, 4.69) is 97.3 Å². The number of aromatic nitrogens is 2. The molecule has 3 aromatic rings. The van der Waals surface area contributed by atoms with Gasteiger partial charge < -0.3 is 14.0 Å². The Balaban J connectivity index is 1.70. The van der Waals surface area contributed by atoms with E-state index in [1.54, 1.807) is 0 Å². The fourth-order valence-electron chi connectivity index (χ4n) is 5.16. The van der Waals surface area contributed by atoms with E-state index in [1.165, 1.54) is 27.9 Å². The van der Waals surface area contributed by atoms with E-state index >= 15 is 0 Å². The van der Waals surface area contributed by atoms with Crippen molar-refractivity contribution < 1.29 is 9.47 Å². The highest BCUT2D eigenvalue weighted by molar-refractivity contribution is 9.10. The number of fused-ring (bicyclic) bond motifs is 1. The first kappa shape index (κ1) is 26.7. The Bertz CT molecular complexity index is 1170. The van der Waals surface area contributed by atoms with Gasteiger partial charge >= 0.3 is 0 Å². The quantitative estimate of drug-likeness (QED) is 0.279. The van der Waals surface area contributed by atoms with Gasteiger partial charge in [0.25, 0.3) is 0 Å². The monoisotopic (exact) mass is 553 g/mol. The topological polar surface area (TPSA) is 39.5 Å². The lowest BCUT2D eigenvalue weighted by Gasteiger charge is -2.31. The average Bonchev–Trinajstić information content (AvgIpc) is 3.16. The minimum atomic E-state index is 0.157. The zero-order valence-electron chi connectivity index (χ0n) is 22.7. The Morgan fingerprint density at radius 1 is 0.944 bits per heavy atom. The summed E-state index contributed by atoms with van der Waals surface area (Å²) in [5, 5.41) is 0. The Morgan fingerprint density at radius 2 is 1.61 bits per heavy atom. The van der Waals surface area contributed by atoms with Crippen LogP contribution >= 0.6 is 15.9 Å². The van der Waals surface area contributed by atoms with E-state index in [0.717, 1.165) is 60.9 Å². The van der Waals surface area contributed by atoms with Crippen LogP contribution < -0.4 is 9.47 Å².